The number of fused-ring (bicyclic) bond motifs is 1. The maximum atomic E-state index is 13.0. The van der Waals surface area contributed by atoms with Crippen molar-refractivity contribution in [2.45, 2.75) is 6.92 Å². The molecule has 0 saturated carbocycles. The van der Waals surface area contributed by atoms with Crippen molar-refractivity contribution in [1.29, 1.82) is 0 Å². The zero-order chi connectivity index (χ0) is 19.8. The fourth-order valence-electron chi connectivity index (χ4n) is 2.94. The van der Waals surface area contributed by atoms with Crippen molar-refractivity contribution in [2.75, 3.05) is 0 Å². The molecule has 0 aliphatic carbocycles. The number of hydrogen-bond donors (Lipinski definition) is 2. The minimum atomic E-state index is -0.469. The highest BCUT2D eigenvalue weighted by atomic mass is 16.3. The second-order valence-corrected chi connectivity index (χ2v) is 6.17. The maximum absolute atomic E-state index is 13.0. The van der Waals surface area contributed by atoms with E-state index in [1.54, 1.807) is 31.3 Å². The van der Waals surface area contributed by atoms with E-state index in [-0.39, 0.29) is 28.3 Å². The van der Waals surface area contributed by atoms with Crippen LogP contribution in [0.5, 0.6) is 11.5 Å². The minimum Gasteiger partial charge on any atom is -0.508 e. The first-order valence-electron chi connectivity index (χ1n) is 8.32. The number of carbonyl (C=O) groups excluding carboxylic acids is 2. The zero-order valence-electron chi connectivity index (χ0n) is 14.7. The third kappa shape index (κ3) is 2.86. The Kier molecular flexibility index (Phi) is 4.08. The lowest BCUT2D eigenvalue weighted by molar-refractivity contribution is 0.0944. The number of carbonyl (C=O) groups is 2. The Morgan fingerprint density at radius 1 is 1.18 bits per heavy atom. The van der Waals surface area contributed by atoms with E-state index in [0.717, 1.165) is 10.7 Å². The molecule has 0 bridgehead atoms. The topological polar surface area (TPSA) is 118 Å². The van der Waals surface area contributed by atoms with E-state index in [9.17, 15) is 19.8 Å². The average Bonchev–Trinajstić information content (AvgIpc) is 3.11. The maximum Gasteiger partial charge on any atom is 0.280 e. The zero-order valence-corrected chi connectivity index (χ0v) is 14.7. The van der Waals surface area contributed by atoms with E-state index in [1.165, 1.54) is 18.3 Å². The smallest absolute Gasteiger partial charge is 0.280 e. The standard InChI is InChI=1S/C20H14N4O4/c1-11-16(7-12-3-2-6-21-19(12)22-11)20(28)24-9-13(10-25)18(23-24)15-5-4-14(26)8-17(15)27/h2-10,26-27H,1H3. The highest BCUT2D eigenvalue weighted by Gasteiger charge is 2.20. The van der Waals surface area contributed by atoms with Crippen LogP contribution in [0.4, 0.5) is 0 Å². The summed E-state index contributed by atoms with van der Waals surface area (Å²) in [5.41, 5.74) is 1.82. The van der Waals surface area contributed by atoms with Gasteiger partial charge in [0.2, 0.25) is 0 Å². The third-order valence-electron chi connectivity index (χ3n) is 4.32. The van der Waals surface area contributed by atoms with Gasteiger partial charge in [0.25, 0.3) is 5.91 Å². The molecule has 0 aliphatic heterocycles. The van der Waals surface area contributed by atoms with Crippen molar-refractivity contribution >= 4 is 23.2 Å². The van der Waals surface area contributed by atoms with Gasteiger partial charge in [-0.25, -0.2) is 14.6 Å². The van der Waals surface area contributed by atoms with Crippen LogP contribution in [0, 0.1) is 6.92 Å². The van der Waals surface area contributed by atoms with Gasteiger partial charge < -0.3 is 10.2 Å². The molecule has 0 saturated heterocycles. The summed E-state index contributed by atoms with van der Waals surface area (Å²) >= 11 is 0. The number of phenolic OH excluding ortho intramolecular Hbond substituents is 2. The van der Waals surface area contributed by atoms with Crippen molar-refractivity contribution < 1.29 is 19.8 Å². The van der Waals surface area contributed by atoms with Gasteiger partial charge in [-0.3, -0.25) is 9.59 Å². The van der Waals surface area contributed by atoms with Gasteiger partial charge in [-0.05, 0) is 37.3 Å². The Balaban J connectivity index is 1.82. The Morgan fingerprint density at radius 3 is 2.75 bits per heavy atom. The molecule has 4 rings (SSSR count). The molecule has 4 aromatic rings. The van der Waals surface area contributed by atoms with Crippen LogP contribution < -0.4 is 0 Å². The summed E-state index contributed by atoms with van der Waals surface area (Å²) in [4.78, 5) is 33.0. The molecule has 138 valence electrons. The van der Waals surface area contributed by atoms with Crippen LogP contribution in [0.25, 0.3) is 22.3 Å². The van der Waals surface area contributed by atoms with Crippen molar-refractivity contribution in [3.05, 3.63) is 65.6 Å². The number of aryl methyl sites for hydroxylation is 1. The molecule has 0 aliphatic rings. The van der Waals surface area contributed by atoms with Crippen molar-refractivity contribution in [1.82, 2.24) is 19.7 Å². The van der Waals surface area contributed by atoms with Gasteiger partial charge in [0, 0.05) is 29.4 Å². The molecule has 1 aromatic carbocycles. The molecule has 8 nitrogen and oxygen atoms in total. The number of benzene rings is 1. The first-order valence-corrected chi connectivity index (χ1v) is 8.32. The molecule has 2 N–H and O–H groups in total. The van der Waals surface area contributed by atoms with Crippen LogP contribution in [-0.4, -0.2) is 42.2 Å². The van der Waals surface area contributed by atoms with Crippen molar-refractivity contribution in [3.8, 4) is 22.8 Å². The first-order chi connectivity index (χ1) is 13.5. The molecule has 0 radical (unpaired) electrons. The number of aromatic nitrogens is 4. The SMILES string of the molecule is Cc1nc2ncccc2cc1C(=O)n1cc(C=O)c(-c2ccc(O)cc2O)n1. The largest absolute Gasteiger partial charge is 0.508 e. The minimum absolute atomic E-state index is 0.127. The summed E-state index contributed by atoms with van der Waals surface area (Å²) in [6.07, 6.45) is 3.47. The van der Waals surface area contributed by atoms with Gasteiger partial charge in [-0.1, -0.05) is 0 Å². The van der Waals surface area contributed by atoms with Gasteiger partial charge in [0.15, 0.2) is 11.9 Å². The summed E-state index contributed by atoms with van der Waals surface area (Å²) in [7, 11) is 0. The van der Waals surface area contributed by atoms with E-state index < -0.39 is 5.91 Å². The predicted molar refractivity (Wildman–Crippen MR) is 100 cm³/mol. The van der Waals surface area contributed by atoms with Gasteiger partial charge in [-0.2, -0.15) is 5.10 Å². The molecular formula is C20H14N4O4. The summed E-state index contributed by atoms with van der Waals surface area (Å²) in [6, 6.07) is 9.13. The Bertz CT molecular complexity index is 1250. The summed E-state index contributed by atoms with van der Waals surface area (Å²) in [5.74, 6) is -0.852. The number of pyridine rings is 2. The van der Waals surface area contributed by atoms with Gasteiger partial charge in [0.05, 0.1) is 16.8 Å². The number of hydrogen-bond acceptors (Lipinski definition) is 7. The molecule has 3 aromatic heterocycles. The normalized spacial score (nSPS) is 10.9. The number of aromatic hydroxyl groups is 2. The van der Waals surface area contributed by atoms with Crippen molar-refractivity contribution in [2.24, 2.45) is 0 Å². The number of phenols is 2. The Hall–Kier alpha value is -4.07. The third-order valence-corrected chi connectivity index (χ3v) is 4.32. The van der Waals surface area contributed by atoms with Gasteiger partial charge in [-0.15, -0.1) is 0 Å². The lowest BCUT2D eigenvalue weighted by atomic mass is 10.1. The average molecular weight is 374 g/mol. The fourth-order valence-corrected chi connectivity index (χ4v) is 2.94. The van der Waals surface area contributed by atoms with Crippen LogP contribution in [0.3, 0.4) is 0 Å². The molecule has 0 spiro atoms. The van der Waals surface area contributed by atoms with E-state index in [1.807, 2.05) is 0 Å². The fraction of sp³-hybridized carbons (Fsp3) is 0.0500. The quantitative estimate of drug-likeness (QED) is 0.529. The molecular weight excluding hydrogens is 360 g/mol. The monoisotopic (exact) mass is 374 g/mol. The van der Waals surface area contributed by atoms with E-state index in [0.29, 0.717) is 28.6 Å². The van der Waals surface area contributed by atoms with E-state index in [2.05, 4.69) is 15.1 Å². The second-order valence-electron chi connectivity index (χ2n) is 6.17. The Labute approximate surface area is 158 Å². The number of nitrogens with zero attached hydrogens (tertiary/aromatic N) is 4. The summed E-state index contributed by atoms with van der Waals surface area (Å²) in [5, 5.41) is 24.4. The van der Waals surface area contributed by atoms with Gasteiger partial charge >= 0.3 is 0 Å². The Morgan fingerprint density at radius 2 is 2.00 bits per heavy atom. The lowest BCUT2D eigenvalue weighted by Crippen LogP contribution is -2.15. The first kappa shape index (κ1) is 17.3. The second kappa shape index (κ2) is 6.58. The molecule has 28 heavy (non-hydrogen) atoms. The van der Waals surface area contributed by atoms with Crippen LogP contribution in [0.1, 0.15) is 26.4 Å². The van der Waals surface area contributed by atoms with Crippen LogP contribution in [-0.2, 0) is 0 Å². The molecule has 8 heteroatoms. The predicted octanol–water partition coefficient (Wildman–Crippen LogP) is 2.71. The molecule has 0 atom stereocenters. The van der Waals surface area contributed by atoms with E-state index in [4.69, 9.17) is 0 Å². The lowest BCUT2D eigenvalue weighted by Gasteiger charge is -2.06. The van der Waals surface area contributed by atoms with Crippen LogP contribution in [0.2, 0.25) is 0 Å². The molecule has 0 fully saturated rings. The van der Waals surface area contributed by atoms with Gasteiger partial charge in [0.1, 0.15) is 17.2 Å². The molecule has 3 heterocycles. The number of aldehydes is 1. The molecule has 0 unspecified atom stereocenters. The summed E-state index contributed by atoms with van der Waals surface area (Å²) in [6.45, 7) is 1.69. The highest BCUT2D eigenvalue weighted by Crippen LogP contribution is 2.32. The van der Waals surface area contributed by atoms with Crippen LogP contribution >= 0.6 is 0 Å². The molecule has 0 amide bonds. The number of rotatable bonds is 3. The van der Waals surface area contributed by atoms with E-state index >= 15 is 0 Å². The highest BCUT2D eigenvalue weighted by molar-refractivity contribution is 6.00. The summed E-state index contributed by atoms with van der Waals surface area (Å²) < 4.78 is 1.04. The van der Waals surface area contributed by atoms with Crippen molar-refractivity contribution in [3.63, 3.8) is 0 Å². The van der Waals surface area contributed by atoms with Crippen LogP contribution in [0.15, 0.2) is 48.8 Å².